The molecule has 9 heteroatoms. The van der Waals surface area contributed by atoms with E-state index in [1.54, 1.807) is 11.0 Å². The van der Waals surface area contributed by atoms with E-state index < -0.39 is 7.12 Å². The Morgan fingerprint density at radius 1 is 1.23 bits per heavy atom. The molecule has 214 valence electrons. The molecule has 1 aromatic rings. The molecule has 0 spiro atoms. The molecule has 0 radical (unpaired) electrons. The molecule has 8 nitrogen and oxygen atoms in total. The number of benzene rings is 1. The van der Waals surface area contributed by atoms with E-state index in [0.29, 0.717) is 31.3 Å². The SMILES string of the molecule is CC(C)/C=C(\C#N)C(=O)N1CCC[C@H]1CNC(=O)N[C@@H](Cc1ccccc1)B1O[C@@H]2C[C@@H]3C[C@@H](C3(C)C)[C@]2(C)O1. The third-order valence-electron chi connectivity index (χ3n) is 9.90. The quantitative estimate of drug-likeness (QED) is 0.288. The fourth-order valence-electron chi connectivity index (χ4n) is 7.54. The first-order valence-electron chi connectivity index (χ1n) is 14.9. The second-order valence-corrected chi connectivity index (χ2v) is 13.2. The minimum Gasteiger partial charge on any atom is -0.404 e. The summed E-state index contributed by atoms with van der Waals surface area (Å²) in [6.07, 6.45) is 6.11. The Bertz CT molecular complexity index is 1180. The minimum atomic E-state index is -0.542. The van der Waals surface area contributed by atoms with E-state index >= 15 is 0 Å². The molecular weight excluding hydrogens is 503 g/mol. The van der Waals surface area contributed by atoms with Crippen LogP contribution in [0.25, 0.3) is 0 Å². The van der Waals surface area contributed by atoms with Crippen LogP contribution in [0.4, 0.5) is 4.79 Å². The highest BCUT2D eigenvalue weighted by atomic mass is 16.7. The number of nitriles is 1. The van der Waals surface area contributed by atoms with Crippen molar-refractivity contribution < 1.29 is 18.9 Å². The lowest BCUT2D eigenvalue weighted by Crippen LogP contribution is -2.65. The summed E-state index contributed by atoms with van der Waals surface area (Å²) < 4.78 is 13.3. The molecule has 2 bridgehead atoms. The number of nitrogens with zero attached hydrogens (tertiary/aromatic N) is 2. The van der Waals surface area contributed by atoms with Crippen molar-refractivity contribution in [2.24, 2.45) is 23.2 Å². The van der Waals surface area contributed by atoms with Crippen molar-refractivity contribution in [1.82, 2.24) is 15.5 Å². The second-order valence-electron chi connectivity index (χ2n) is 13.2. The van der Waals surface area contributed by atoms with Crippen LogP contribution in [0.3, 0.4) is 0 Å². The van der Waals surface area contributed by atoms with Gasteiger partial charge in [-0.1, -0.05) is 64.1 Å². The van der Waals surface area contributed by atoms with Crippen LogP contribution in [0.15, 0.2) is 42.0 Å². The molecule has 5 aliphatic rings. The average Bonchev–Trinajstić information content (AvgIpc) is 3.54. The molecule has 3 amide bonds. The van der Waals surface area contributed by atoms with Gasteiger partial charge < -0.3 is 24.8 Å². The largest absolute Gasteiger partial charge is 0.482 e. The first-order chi connectivity index (χ1) is 19.0. The summed E-state index contributed by atoms with van der Waals surface area (Å²) in [4.78, 5) is 28.0. The summed E-state index contributed by atoms with van der Waals surface area (Å²) in [6, 6.07) is 11.7. The Morgan fingerprint density at radius 3 is 2.65 bits per heavy atom. The minimum absolute atomic E-state index is 0.0312. The molecule has 2 N–H and O–H groups in total. The van der Waals surface area contributed by atoms with Gasteiger partial charge in [0.05, 0.1) is 17.6 Å². The lowest BCUT2D eigenvalue weighted by molar-refractivity contribution is -0.199. The van der Waals surface area contributed by atoms with Crippen LogP contribution >= 0.6 is 0 Å². The van der Waals surface area contributed by atoms with Gasteiger partial charge in [0.25, 0.3) is 5.91 Å². The summed E-state index contributed by atoms with van der Waals surface area (Å²) in [5.74, 6) is 0.566. The van der Waals surface area contributed by atoms with Gasteiger partial charge in [0.1, 0.15) is 11.6 Å². The third kappa shape index (κ3) is 5.41. The summed E-state index contributed by atoms with van der Waals surface area (Å²) in [5.41, 5.74) is 1.14. The predicted molar refractivity (Wildman–Crippen MR) is 154 cm³/mol. The van der Waals surface area contributed by atoms with E-state index in [0.717, 1.165) is 24.8 Å². The zero-order valence-electron chi connectivity index (χ0n) is 24.5. The highest BCUT2D eigenvalue weighted by molar-refractivity contribution is 6.48. The lowest BCUT2D eigenvalue weighted by atomic mass is 9.43. The molecule has 0 unspecified atom stereocenters. The Labute approximate surface area is 239 Å². The van der Waals surface area contributed by atoms with Crippen molar-refractivity contribution in [3.63, 3.8) is 0 Å². The highest BCUT2D eigenvalue weighted by Crippen LogP contribution is 2.65. The fraction of sp³-hybridized carbons (Fsp3) is 0.645. The molecule has 2 aliphatic heterocycles. The van der Waals surface area contributed by atoms with Gasteiger partial charge in [-0.25, -0.2) is 4.79 Å². The van der Waals surface area contributed by atoms with Crippen LogP contribution in [0, 0.1) is 34.5 Å². The van der Waals surface area contributed by atoms with Gasteiger partial charge in [-0.15, -0.1) is 0 Å². The number of likely N-dealkylation sites (tertiary alicyclic amines) is 1. The first kappa shape index (κ1) is 28.7. The standard InChI is InChI=1S/C31H43BN4O4/c1-20(2)14-22(18-33)28(37)36-13-9-12-24(36)19-34-29(38)35-27(15-21-10-7-6-8-11-21)32-39-26-17-23-16-25(30(23,3)4)31(26,5)40-32/h6-8,10-11,14,20,23-27H,9,12-13,15-17,19H2,1-5H3,(H2,34,35,38)/b22-14+/t23-,24-,25-,26+,27-,31-/m0/s1. The van der Waals surface area contributed by atoms with E-state index in [2.05, 4.69) is 49.6 Å². The normalized spacial score (nSPS) is 31.3. The Morgan fingerprint density at radius 2 is 1.98 bits per heavy atom. The lowest BCUT2D eigenvalue weighted by Gasteiger charge is -2.64. The number of hydrogen-bond acceptors (Lipinski definition) is 5. The summed E-state index contributed by atoms with van der Waals surface area (Å²) >= 11 is 0. The number of nitrogens with one attached hydrogen (secondary N) is 2. The van der Waals surface area contributed by atoms with Gasteiger partial charge in [-0.2, -0.15) is 5.26 Å². The monoisotopic (exact) mass is 546 g/mol. The molecule has 6 atom stereocenters. The van der Waals surface area contributed by atoms with Crippen molar-refractivity contribution in [3.8, 4) is 6.07 Å². The van der Waals surface area contributed by atoms with Crippen molar-refractivity contribution in [1.29, 1.82) is 5.26 Å². The molecule has 5 fully saturated rings. The van der Waals surface area contributed by atoms with Crippen molar-refractivity contribution in [3.05, 3.63) is 47.5 Å². The fourth-order valence-corrected chi connectivity index (χ4v) is 7.54. The zero-order valence-corrected chi connectivity index (χ0v) is 24.5. The maximum absolute atomic E-state index is 13.2. The zero-order chi connectivity index (χ0) is 28.7. The molecule has 3 aliphatic carbocycles. The van der Waals surface area contributed by atoms with Crippen LogP contribution in [0.2, 0.25) is 0 Å². The van der Waals surface area contributed by atoms with Gasteiger partial charge in [-0.05, 0) is 67.8 Å². The first-order valence-corrected chi connectivity index (χ1v) is 14.9. The van der Waals surface area contributed by atoms with Crippen molar-refractivity contribution >= 4 is 19.1 Å². The van der Waals surface area contributed by atoms with Gasteiger partial charge in [0.2, 0.25) is 0 Å². The van der Waals surface area contributed by atoms with Crippen molar-refractivity contribution in [2.75, 3.05) is 13.1 Å². The number of urea groups is 1. The Hall–Kier alpha value is -2.83. The van der Waals surface area contributed by atoms with E-state index in [1.807, 2.05) is 32.0 Å². The predicted octanol–water partition coefficient (Wildman–Crippen LogP) is 4.26. The maximum Gasteiger partial charge on any atom is 0.482 e. The molecule has 2 heterocycles. The number of rotatable bonds is 8. The van der Waals surface area contributed by atoms with Crippen LogP contribution in [-0.2, 0) is 20.5 Å². The number of carbonyl (C=O) groups excluding carboxylic acids is 2. The van der Waals surface area contributed by atoms with E-state index in [1.165, 1.54) is 6.42 Å². The van der Waals surface area contributed by atoms with Crippen LogP contribution in [0.5, 0.6) is 0 Å². The molecule has 6 rings (SSSR count). The summed E-state index contributed by atoms with van der Waals surface area (Å²) in [5, 5.41) is 15.6. The highest BCUT2D eigenvalue weighted by Gasteiger charge is 2.68. The summed E-state index contributed by atoms with van der Waals surface area (Å²) in [6.45, 7) is 11.7. The topological polar surface area (TPSA) is 104 Å². The number of amides is 3. The van der Waals surface area contributed by atoms with Gasteiger partial charge >= 0.3 is 13.1 Å². The van der Waals surface area contributed by atoms with E-state index in [-0.39, 0.29) is 52.5 Å². The number of hydrogen-bond donors (Lipinski definition) is 2. The Kier molecular flexibility index (Phi) is 8.04. The van der Waals surface area contributed by atoms with E-state index in [4.69, 9.17) is 9.31 Å². The Balaban J connectivity index is 1.24. The van der Waals surface area contributed by atoms with Crippen LogP contribution < -0.4 is 10.6 Å². The van der Waals surface area contributed by atoms with Crippen LogP contribution in [-0.4, -0.2) is 60.7 Å². The third-order valence-corrected chi connectivity index (χ3v) is 9.90. The molecule has 3 saturated carbocycles. The smallest absolute Gasteiger partial charge is 0.404 e. The number of allylic oxidation sites excluding steroid dienone is 1. The molecule has 1 aromatic carbocycles. The van der Waals surface area contributed by atoms with Gasteiger partial charge in [-0.3, -0.25) is 4.79 Å². The van der Waals surface area contributed by atoms with Crippen molar-refractivity contribution in [2.45, 2.75) is 90.4 Å². The van der Waals surface area contributed by atoms with E-state index in [9.17, 15) is 14.9 Å². The molecule has 2 saturated heterocycles. The molecular formula is C31H43BN4O4. The second kappa shape index (κ2) is 11.2. The van der Waals surface area contributed by atoms with Gasteiger partial charge in [0, 0.05) is 19.1 Å². The average molecular weight is 547 g/mol. The maximum atomic E-state index is 13.2. The molecule has 40 heavy (non-hydrogen) atoms. The summed E-state index contributed by atoms with van der Waals surface area (Å²) in [7, 11) is -0.542. The van der Waals surface area contributed by atoms with Crippen LogP contribution in [0.1, 0.15) is 65.9 Å². The van der Waals surface area contributed by atoms with Gasteiger partial charge in [0.15, 0.2) is 0 Å². The number of carbonyl (C=O) groups is 2. The molecule has 0 aromatic heterocycles.